The van der Waals surface area contributed by atoms with Crippen LogP contribution in [0.4, 0.5) is 5.69 Å². The van der Waals surface area contributed by atoms with Crippen LogP contribution in [0.2, 0.25) is 0 Å². The predicted octanol–water partition coefficient (Wildman–Crippen LogP) is 3.35. The van der Waals surface area contributed by atoms with E-state index in [0.717, 1.165) is 30.5 Å². The fourth-order valence-electron chi connectivity index (χ4n) is 3.39. The van der Waals surface area contributed by atoms with Crippen LogP contribution in [0, 0.1) is 0 Å². The SMILES string of the molecule is Cl.Nc1ccc(CC(=O)N2CCCC2CC(O)c2ccccc2)cc1. The third-order valence-electron chi connectivity index (χ3n) is 4.71. The Kier molecular flexibility index (Phi) is 6.85. The number of carbonyl (C=O) groups is 1. The standard InChI is InChI=1S/C20H24N2O2.ClH/c21-17-10-8-15(9-11-17)13-20(24)22-12-4-7-18(22)14-19(23)16-5-2-1-3-6-16;/h1-3,5-6,8-11,18-19,23H,4,7,12-14,21H2;1H. The van der Waals surface area contributed by atoms with Crippen molar-refractivity contribution in [3.63, 3.8) is 0 Å². The number of rotatable bonds is 5. The van der Waals surface area contributed by atoms with Gasteiger partial charge in [0, 0.05) is 18.3 Å². The first-order valence-electron chi connectivity index (χ1n) is 8.50. The van der Waals surface area contributed by atoms with E-state index in [1.54, 1.807) is 0 Å². The second kappa shape index (κ2) is 8.88. The molecule has 0 saturated carbocycles. The average molecular weight is 361 g/mol. The highest BCUT2D eigenvalue weighted by Gasteiger charge is 2.30. The lowest BCUT2D eigenvalue weighted by Crippen LogP contribution is -2.37. The zero-order valence-corrected chi connectivity index (χ0v) is 15.0. The predicted molar refractivity (Wildman–Crippen MR) is 103 cm³/mol. The van der Waals surface area contributed by atoms with Crippen molar-refractivity contribution >= 4 is 24.0 Å². The number of aliphatic hydroxyl groups is 1. The van der Waals surface area contributed by atoms with Crippen LogP contribution in [-0.4, -0.2) is 28.5 Å². The molecule has 3 N–H and O–H groups in total. The molecule has 0 bridgehead atoms. The van der Waals surface area contributed by atoms with Gasteiger partial charge in [-0.3, -0.25) is 4.79 Å². The second-order valence-corrected chi connectivity index (χ2v) is 6.46. The van der Waals surface area contributed by atoms with E-state index in [9.17, 15) is 9.90 Å². The average Bonchev–Trinajstić information content (AvgIpc) is 3.06. The lowest BCUT2D eigenvalue weighted by molar-refractivity contribution is -0.131. The van der Waals surface area contributed by atoms with Gasteiger partial charge in [0.05, 0.1) is 12.5 Å². The minimum atomic E-state index is -0.527. The molecule has 1 heterocycles. The summed E-state index contributed by atoms with van der Waals surface area (Å²) in [6.07, 6.45) is 2.41. The minimum Gasteiger partial charge on any atom is -0.399 e. The molecule has 0 aliphatic carbocycles. The lowest BCUT2D eigenvalue weighted by Gasteiger charge is -2.27. The molecule has 2 unspecified atom stereocenters. The van der Waals surface area contributed by atoms with Crippen molar-refractivity contribution in [2.75, 3.05) is 12.3 Å². The van der Waals surface area contributed by atoms with Gasteiger partial charge in [0.15, 0.2) is 0 Å². The molecule has 5 heteroatoms. The van der Waals surface area contributed by atoms with Gasteiger partial charge in [-0.1, -0.05) is 42.5 Å². The van der Waals surface area contributed by atoms with E-state index in [1.807, 2.05) is 59.5 Å². The first-order valence-corrected chi connectivity index (χ1v) is 8.50. The van der Waals surface area contributed by atoms with E-state index in [2.05, 4.69) is 0 Å². The van der Waals surface area contributed by atoms with Gasteiger partial charge in [0.25, 0.3) is 0 Å². The van der Waals surface area contributed by atoms with Crippen LogP contribution in [0.3, 0.4) is 0 Å². The number of hydrogen-bond acceptors (Lipinski definition) is 3. The molecule has 0 radical (unpaired) electrons. The number of nitrogens with zero attached hydrogens (tertiary/aromatic N) is 1. The molecule has 0 aromatic heterocycles. The summed E-state index contributed by atoms with van der Waals surface area (Å²) in [7, 11) is 0. The monoisotopic (exact) mass is 360 g/mol. The van der Waals surface area contributed by atoms with Crippen molar-refractivity contribution < 1.29 is 9.90 Å². The van der Waals surface area contributed by atoms with Crippen molar-refractivity contribution in [2.45, 2.75) is 37.8 Å². The summed E-state index contributed by atoms with van der Waals surface area (Å²) in [4.78, 5) is 14.6. The molecule has 3 rings (SSSR count). The van der Waals surface area contributed by atoms with E-state index in [4.69, 9.17) is 5.73 Å². The molecule has 2 aromatic rings. The van der Waals surface area contributed by atoms with E-state index < -0.39 is 6.10 Å². The Morgan fingerprint density at radius 1 is 1.16 bits per heavy atom. The second-order valence-electron chi connectivity index (χ2n) is 6.46. The highest BCUT2D eigenvalue weighted by atomic mass is 35.5. The van der Waals surface area contributed by atoms with Gasteiger partial charge in [-0.05, 0) is 42.5 Å². The first kappa shape index (κ1) is 19.3. The number of halogens is 1. The number of benzene rings is 2. The number of carbonyl (C=O) groups excluding carboxylic acids is 1. The minimum absolute atomic E-state index is 0. The number of nitrogens with two attached hydrogens (primary N) is 1. The third-order valence-corrected chi connectivity index (χ3v) is 4.71. The topological polar surface area (TPSA) is 66.6 Å². The van der Waals surface area contributed by atoms with Crippen molar-refractivity contribution in [1.29, 1.82) is 0 Å². The van der Waals surface area contributed by atoms with Gasteiger partial charge in [-0.25, -0.2) is 0 Å². The number of amides is 1. The van der Waals surface area contributed by atoms with Crippen LogP contribution < -0.4 is 5.73 Å². The largest absolute Gasteiger partial charge is 0.399 e. The number of likely N-dealkylation sites (tertiary alicyclic amines) is 1. The number of nitrogen functional groups attached to an aromatic ring is 1. The quantitative estimate of drug-likeness (QED) is 0.803. The van der Waals surface area contributed by atoms with Crippen LogP contribution in [0.15, 0.2) is 54.6 Å². The van der Waals surface area contributed by atoms with Crippen LogP contribution in [0.25, 0.3) is 0 Å². The summed E-state index contributed by atoms with van der Waals surface area (Å²) in [5, 5.41) is 10.4. The molecule has 1 aliphatic heterocycles. The Hall–Kier alpha value is -2.04. The molecule has 1 saturated heterocycles. The maximum Gasteiger partial charge on any atom is 0.227 e. The van der Waals surface area contributed by atoms with E-state index in [1.165, 1.54) is 0 Å². The first-order chi connectivity index (χ1) is 11.6. The van der Waals surface area contributed by atoms with Crippen LogP contribution in [-0.2, 0) is 11.2 Å². The van der Waals surface area contributed by atoms with E-state index in [-0.39, 0.29) is 24.4 Å². The van der Waals surface area contributed by atoms with Gasteiger partial charge in [0.1, 0.15) is 0 Å². The smallest absolute Gasteiger partial charge is 0.227 e. The molecule has 2 aromatic carbocycles. The van der Waals surface area contributed by atoms with Crippen LogP contribution in [0.5, 0.6) is 0 Å². The Labute approximate surface area is 155 Å². The van der Waals surface area contributed by atoms with Gasteiger partial charge >= 0.3 is 0 Å². The number of anilines is 1. The maximum atomic E-state index is 12.6. The Morgan fingerprint density at radius 3 is 2.52 bits per heavy atom. The third kappa shape index (κ3) is 4.97. The zero-order chi connectivity index (χ0) is 16.9. The normalized spacial score (nSPS) is 17.8. The highest BCUT2D eigenvalue weighted by molar-refractivity contribution is 5.85. The summed E-state index contributed by atoms with van der Waals surface area (Å²) < 4.78 is 0. The maximum absolute atomic E-state index is 12.6. The molecule has 1 amide bonds. The van der Waals surface area contributed by atoms with Gasteiger partial charge in [-0.2, -0.15) is 0 Å². The van der Waals surface area contributed by atoms with Crippen molar-refractivity contribution in [3.05, 3.63) is 65.7 Å². The van der Waals surface area contributed by atoms with Crippen molar-refractivity contribution in [2.24, 2.45) is 0 Å². The molecule has 4 nitrogen and oxygen atoms in total. The summed E-state index contributed by atoms with van der Waals surface area (Å²) >= 11 is 0. The zero-order valence-electron chi connectivity index (χ0n) is 14.2. The molecule has 134 valence electrons. The fourth-order valence-corrected chi connectivity index (χ4v) is 3.39. The van der Waals surface area contributed by atoms with Crippen LogP contribution in [0.1, 0.15) is 36.5 Å². The Bertz CT molecular complexity index is 676. The summed E-state index contributed by atoms with van der Waals surface area (Å²) in [6.45, 7) is 0.778. The Morgan fingerprint density at radius 2 is 1.84 bits per heavy atom. The van der Waals surface area contributed by atoms with Crippen molar-refractivity contribution in [1.82, 2.24) is 4.90 Å². The fraction of sp³-hybridized carbons (Fsp3) is 0.350. The molecule has 25 heavy (non-hydrogen) atoms. The van der Waals surface area contributed by atoms with Gasteiger partial charge in [-0.15, -0.1) is 12.4 Å². The van der Waals surface area contributed by atoms with Gasteiger partial charge in [0.2, 0.25) is 5.91 Å². The molecular weight excluding hydrogens is 336 g/mol. The highest BCUT2D eigenvalue weighted by Crippen LogP contribution is 2.28. The van der Waals surface area contributed by atoms with E-state index >= 15 is 0 Å². The molecule has 1 aliphatic rings. The summed E-state index contributed by atoms with van der Waals surface area (Å²) in [6, 6.07) is 17.2. The number of aliphatic hydroxyl groups excluding tert-OH is 1. The lowest BCUT2D eigenvalue weighted by atomic mass is 10.00. The molecule has 2 atom stereocenters. The van der Waals surface area contributed by atoms with Gasteiger partial charge < -0.3 is 15.7 Å². The molecule has 1 fully saturated rings. The number of hydrogen-bond donors (Lipinski definition) is 2. The van der Waals surface area contributed by atoms with E-state index in [0.29, 0.717) is 18.5 Å². The van der Waals surface area contributed by atoms with Crippen LogP contribution >= 0.6 is 12.4 Å². The van der Waals surface area contributed by atoms with Crippen molar-refractivity contribution in [3.8, 4) is 0 Å². The molecule has 0 spiro atoms. The molecular formula is C20H25ClN2O2. The summed E-state index contributed by atoms with van der Waals surface area (Å²) in [5.41, 5.74) is 8.28. The Balaban J connectivity index is 0.00000225. The summed E-state index contributed by atoms with van der Waals surface area (Å²) in [5.74, 6) is 0.127.